The number of rotatable bonds is 7. The number of halogens is 4. The van der Waals surface area contributed by atoms with Gasteiger partial charge in [0.25, 0.3) is 5.91 Å². The molecule has 8 nitrogen and oxygen atoms in total. The number of hydrogen-bond donors (Lipinski definition) is 2. The Bertz CT molecular complexity index is 1600. The Labute approximate surface area is 224 Å². The molecule has 1 aliphatic heterocycles. The first-order valence-electron chi connectivity index (χ1n) is 11.9. The lowest BCUT2D eigenvalue weighted by atomic mass is 9.84. The van der Waals surface area contributed by atoms with Gasteiger partial charge in [0.2, 0.25) is 0 Å². The van der Waals surface area contributed by atoms with Gasteiger partial charge in [-0.1, -0.05) is 38.6 Å². The Morgan fingerprint density at radius 2 is 1.95 bits per heavy atom. The number of allylic oxidation sites excluding steroid dienone is 1. The number of carbonyl (C=O) groups excluding carboxylic acids is 1. The van der Waals surface area contributed by atoms with Gasteiger partial charge in [-0.25, -0.2) is 24.0 Å². The quantitative estimate of drug-likeness (QED) is 0.236. The summed E-state index contributed by atoms with van der Waals surface area (Å²) in [6.45, 7) is 7.60. The molecular formula is C26H23F4N7OS. The number of hydrogen-bond acceptors (Lipinski definition) is 7. The number of amides is 1. The summed E-state index contributed by atoms with van der Waals surface area (Å²) in [5.74, 6) is -0.923. The molecule has 0 fully saturated rings. The number of nitrogens with one attached hydrogen (secondary N) is 2. The van der Waals surface area contributed by atoms with Crippen LogP contribution in [0.3, 0.4) is 0 Å². The highest BCUT2D eigenvalue weighted by atomic mass is 32.2. The molecule has 0 bridgehead atoms. The number of nitrogens with zero attached hydrogens (tertiary/aromatic N) is 5. The maximum atomic E-state index is 14.4. The average Bonchev–Trinajstić information content (AvgIpc) is 3.36. The SMILES string of the molecule is C=C1Nc2nc(-c3nn(Cc4ccccc4F)c4ncccc34)nc(C(=O)NCCSC(F)(F)F)c2C1(C)C. The standard InChI is InChI=1S/C26H23F4N7OS/c1-14-25(2,3)18-20(24(38)32-11-12-39-26(28,29)30)34-22(35-21(18)33-14)19-16-8-6-10-31-23(16)37(36-19)13-15-7-4-5-9-17(15)27/h4-10H,1,11-13H2,2-3H3,(H,32,38)(H,33,34,35). The largest absolute Gasteiger partial charge is 0.441 e. The lowest BCUT2D eigenvalue weighted by molar-refractivity contribution is -0.0327. The Morgan fingerprint density at radius 1 is 1.18 bits per heavy atom. The van der Waals surface area contributed by atoms with E-state index in [1.807, 2.05) is 13.8 Å². The molecule has 2 N–H and O–H groups in total. The molecule has 4 heterocycles. The van der Waals surface area contributed by atoms with Gasteiger partial charge in [0, 0.05) is 40.7 Å². The molecule has 1 aliphatic rings. The van der Waals surface area contributed by atoms with Crippen molar-refractivity contribution in [3.63, 3.8) is 0 Å². The van der Waals surface area contributed by atoms with E-state index < -0.39 is 16.8 Å². The minimum Gasteiger partial charge on any atom is -0.350 e. The van der Waals surface area contributed by atoms with E-state index in [1.165, 1.54) is 10.7 Å². The maximum Gasteiger partial charge on any atom is 0.441 e. The smallest absolute Gasteiger partial charge is 0.350 e. The topological polar surface area (TPSA) is 97.6 Å². The summed E-state index contributed by atoms with van der Waals surface area (Å²) < 4.78 is 53.5. The summed E-state index contributed by atoms with van der Waals surface area (Å²) >= 11 is -0.218. The van der Waals surface area contributed by atoms with Crippen molar-refractivity contribution in [2.24, 2.45) is 0 Å². The van der Waals surface area contributed by atoms with E-state index in [0.29, 0.717) is 39.4 Å². The molecule has 1 amide bonds. The first-order valence-corrected chi connectivity index (χ1v) is 12.9. The molecule has 0 saturated heterocycles. The average molecular weight is 558 g/mol. The molecule has 1 aromatic carbocycles. The zero-order chi connectivity index (χ0) is 27.9. The van der Waals surface area contributed by atoms with Crippen LogP contribution in [0.15, 0.2) is 54.9 Å². The summed E-state index contributed by atoms with van der Waals surface area (Å²) in [4.78, 5) is 26.8. The normalized spacial score (nSPS) is 14.4. The fraction of sp³-hybridized carbons (Fsp3) is 0.269. The number of benzene rings is 1. The predicted octanol–water partition coefficient (Wildman–Crippen LogP) is 5.28. The highest BCUT2D eigenvalue weighted by molar-refractivity contribution is 8.00. The molecule has 0 radical (unpaired) electrons. The number of carbonyl (C=O) groups is 1. The highest BCUT2D eigenvalue weighted by Gasteiger charge is 2.40. The maximum absolute atomic E-state index is 14.4. The van der Waals surface area contributed by atoms with Crippen LogP contribution in [0.25, 0.3) is 22.6 Å². The molecule has 0 aliphatic carbocycles. The summed E-state index contributed by atoms with van der Waals surface area (Å²) in [5, 5.41) is 10.8. The molecule has 202 valence electrons. The molecule has 5 rings (SSSR count). The van der Waals surface area contributed by atoms with Crippen LogP contribution in [0.5, 0.6) is 0 Å². The Balaban J connectivity index is 1.57. The van der Waals surface area contributed by atoms with Crippen LogP contribution < -0.4 is 10.6 Å². The molecule has 39 heavy (non-hydrogen) atoms. The van der Waals surface area contributed by atoms with Crippen molar-refractivity contribution in [3.05, 3.63) is 77.5 Å². The predicted molar refractivity (Wildman–Crippen MR) is 141 cm³/mol. The van der Waals surface area contributed by atoms with E-state index in [1.54, 1.807) is 36.5 Å². The van der Waals surface area contributed by atoms with Gasteiger partial charge in [-0.05, 0) is 30.0 Å². The minimum atomic E-state index is -4.39. The Hall–Kier alpha value is -4.00. The van der Waals surface area contributed by atoms with E-state index in [4.69, 9.17) is 0 Å². The van der Waals surface area contributed by atoms with E-state index in [9.17, 15) is 22.4 Å². The van der Waals surface area contributed by atoms with Crippen molar-refractivity contribution in [2.45, 2.75) is 31.3 Å². The van der Waals surface area contributed by atoms with Gasteiger partial charge in [-0.3, -0.25) is 4.79 Å². The number of pyridine rings is 1. The van der Waals surface area contributed by atoms with Crippen LogP contribution in [-0.4, -0.2) is 48.4 Å². The van der Waals surface area contributed by atoms with Crippen molar-refractivity contribution in [1.82, 2.24) is 30.0 Å². The molecule has 3 aromatic heterocycles. The van der Waals surface area contributed by atoms with Crippen molar-refractivity contribution in [3.8, 4) is 11.5 Å². The van der Waals surface area contributed by atoms with Gasteiger partial charge in [0.15, 0.2) is 11.5 Å². The third-order valence-corrected chi connectivity index (χ3v) is 7.16. The second kappa shape index (κ2) is 9.95. The van der Waals surface area contributed by atoms with Crippen molar-refractivity contribution < 1.29 is 22.4 Å². The molecule has 0 saturated carbocycles. The number of anilines is 1. The molecule has 13 heteroatoms. The van der Waals surface area contributed by atoms with Gasteiger partial charge >= 0.3 is 5.51 Å². The fourth-order valence-corrected chi connectivity index (χ4v) is 4.79. The third kappa shape index (κ3) is 5.18. The first kappa shape index (κ1) is 26.6. The van der Waals surface area contributed by atoms with E-state index >= 15 is 0 Å². The van der Waals surface area contributed by atoms with E-state index in [-0.39, 0.29) is 47.9 Å². The molecular weight excluding hydrogens is 534 g/mol. The minimum absolute atomic E-state index is 0.00357. The van der Waals surface area contributed by atoms with Crippen LogP contribution in [-0.2, 0) is 12.0 Å². The first-order chi connectivity index (χ1) is 18.5. The number of aromatic nitrogens is 5. The summed E-state index contributed by atoms with van der Waals surface area (Å²) in [6, 6.07) is 9.80. The second-order valence-electron chi connectivity index (χ2n) is 9.37. The van der Waals surface area contributed by atoms with E-state index in [2.05, 4.69) is 37.3 Å². The zero-order valence-electron chi connectivity index (χ0n) is 20.9. The third-order valence-electron chi connectivity index (χ3n) is 6.42. The van der Waals surface area contributed by atoms with Gasteiger partial charge in [-0.2, -0.15) is 18.3 Å². The van der Waals surface area contributed by atoms with Crippen LogP contribution in [0, 0.1) is 5.82 Å². The van der Waals surface area contributed by atoms with Crippen LogP contribution in [0.1, 0.15) is 35.5 Å². The van der Waals surface area contributed by atoms with Gasteiger partial charge in [0.05, 0.1) is 11.9 Å². The van der Waals surface area contributed by atoms with Crippen molar-refractivity contribution in [1.29, 1.82) is 0 Å². The van der Waals surface area contributed by atoms with E-state index in [0.717, 1.165) is 0 Å². The molecule has 0 atom stereocenters. The van der Waals surface area contributed by atoms with Crippen LogP contribution in [0.4, 0.5) is 23.4 Å². The van der Waals surface area contributed by atoms with Gasteiger partial charge in [0.1, 0.15) is 23.0 Å². The van der Waals surface area contributed by atoms with Crippen molar-refractivity contribution in [2.75, 3.05) is 17.6 Å². The van der Waals surface area contributed by atoms with Gasteiger partial charge < -0.3 is 10.6 Å². The Kier molecular flexibility index (Phi) is 6.79. The highest BCUT2D eigenvalue weighted by Crippen LogP contribution is 2.44. The van der Waals surface area contributed by atoms with Gasteiger partial charge in [-0.15, -0.1) is 0 Å². The summed E-state index contributed by atoms with van der Waals surface area (Å²) in [7, 11) is 0. The molecule has 0 unspecified atom stereocenters. The number of fused-ring (bicyclic) bond motifs is 2. The summed E-state index contributed by atoms with van der Waals surface area (Å²) in [5.41, 5.74) is -2.87. The van der Waals surface area contributed by atoms with Crippen molar-refractivity contribution >= 4 is 34.5 Å². The monoisotopic (exact) mass is 557 g/mol. The lowest BCUT2D eigenvalue weighted by Gasteiger charge is -2.21. The van der Waals surface area contributed by atoms with Crippen LogP contribution >= 0.6 is 11.8 Å². The second-order valence-corrected chi connectivity index (χ2v) is 10.5. The number of thioether (sulfide) groups is 1. The lowest BCUT2D eigenvalue weighted by Crippen LogP contribution is -2.30. The molecule has 4 aromatic rings. The zero-order valence-corrected chi connectivity index (χ0v) is 21.8. The number of alkyl halides is 3. The Morgan fingerprint density at radius 3 is 2.69 bits per heavy atom. The van der Waals surface area contributed by atoms with Crippen LogP contribution in [0.2, 0.25) is 0 Å². The fourth-order valence-electron chi connectivity index (χ4n) is 4.35. The molecule has 0 spiro atoms. The summed E-state index contributed by atoms with van der Waals surface area (Å²) in [6.07, 6.45) is 1.58.